The Morgan fingerprint density at radius 1 is 0.312 bits per heavy atom. The van der Waals surface area contributed by atoms with Crippen molar-refractivity contribution >= 4 is 91.9 Å². The summed E-state index contributed by atoms with van der Waals surface area (Å²) >= 11 is 0. The number of benzene rings is 6. The lowest BCUT2D eigenvalue weighted by molar-refractivity contribution is -0.115. The van der Waals surface area contributed by atoms with Gasteiger partial charge in [-0.1, -0.05) is 109 Å². The van der Waals surface area contributed by atoms with E-state index in [9.17, 15) is 47.9 Å². The fourth-order valence-corrected chi connectivity index (χ4v) is 14.4. The molecule has 0 radical (unpaired) electrons. The highest BCUT2D eigenvalue weighted by Gasteiger charge is 2.26. The first-order valence-corrected chi connectivity index (χ1v) is 42.2. The molecule has 6 aromatic carbocycles. The van der Waals surface area contributed by atoms with E-state index in [0.717, 1.165) is 89.4 Å². The Labute approximate surface area is 739 Å². The number of morpholine rings is 2. The van der Waals surface area contributed by atoms with E-state index in [1.165, 1.54) is 68.6 Å². The summed E-state index contributed by atoms with van der Waals surface area (Å²) < 4.78 is 18.5. The summed E-state index contributed by atoms with van der Waals surface area (Å²) in [6.07, 6.45) is 16.7. The summed E-state index contributed by atoms with van der Waals surface area (Å²) in [4.78, 5) is 133. The van der Waals surface area contributed by atoms with Crippen LogP contribution in [-0.2, 0) is 28.7 Å². The molecular weight excluding hydrogens is 1630 g/mol. The van der Waals surface area contributed by atoms with Crippen molar-refractivity contribution in [2.75, 3.05) is 168 Å². The molecule has 12 aromatic rings. The Balaban J connectivity index is 0.000000149. The van der Waals surface area contributed by atoms with Gasteiger partial charge in [-0.3, -0.25) is 47.9 Å². The standard InChI is InChI=1S/C17H20N4O2.C16H18N4O3.C16H20N4O2.C15H18N4O.2C14H16N4O2/c1-13(22)19-16-15(20-10-6-3-7-11-20)12-18-21(17(16)23)14-8-4-2-5-9-14;1-12(21)18-15-14(19-7-9-23-10-8-19)11-17-20(16(15)22)13-5-3-2-4-6-13;1-4-19(5-2)14-11-17-20(13-9-7-6-8-10-13)16(22)15(14)18-12(3)21;16-14-13(18-9-5-2-6-10-18)11-17-19(15(14)20)12-7-3-1-4-8-12;15-13-12(17-6-8-20-9-7-17)10-16-18(14(13)19)11-4-2-1-3-5-11;1-10(19)16-13-12(17(2)3)9-15-18(14(13)20)11-7-5-4-6-8-11/h2,4-5,8-9,12H,3,6-7,10-11H2,1H3,(H,19,22);2-6,11H,7-10H2,1H3,(H,18,21);6-11H,4-5H2,1-3H3,(H,18,21);1,3-4,7-8,11H,2,5-6,9-10,16H2;1-5,10H,6-9,15H2;4-9H,1-3H3,(H,16,19). The molecule has 10 heterocycles. The molecule has 4 amide bonds. The van der Waals surface area contributed by atoms with Crippen molar-refractivity contribution in [1.29, 1.82) is 0 Å². The molecule has 0 spiro atoms. The molecule has 0 unspecified atom stereocenters. The quantitative estimate of drug-likeness (QED) is 0.0466. The van der Waals surface area contributed by atoms with Crippen molar-refractivity contribution in [3.8, 4) is 34.1 Å². The molecule has 0 atom stereocenters. The van der Waals surface area contributed by atoms with Gasteiger partial charge in [0.1, 0.15) is 34.1 Å². The zero-order valence-corrected chi connectivity index (χ0v) is 73.0. The largest absolute Gasteiger partial charge is 0.392 e. The van der Waals surface area contributed by atoms with Crippen LogP contribution in [-0.4, -0.2) is 188 Å². The second-order valence-corrected chi connectivity index (χ2v) is 29.9. The molecule has 36 nitrogen and oxygen atoms in total. The van der Waals surface area contributed by atoms with Gasteiger partial charge >= 0.3 is 0 Å². The summed E-state index contributed by atoms with van der Waals surface area (Å²) in [7, 11) is 3.57. The van der Waals surface area contributed by atoms with Gasteiger partial charge in [0.25, 0.3) is 33.4 Å². The summed E-state index contributed by atoms with van der Waals surface area (Å²) in [5.74, 6) is -1.12. The number of hydrogen-bond acceptors (Lipinski definition) is 26. The maximum atomic E-state index is 12.8. The SMILES string of the molecule is CC(=O)Nc1c(N(C)C)cnn(-c2ccccc2)c1=O.CC(=O)Nc1c(N2CCCCC2)cnn(-c2ccccc2)c1=O.CC(=O)Nc1c(N2CCOCC2)cnn(-c2ccccc2)c1=O.CCN(CC)c1cnn(-c2ccccc2)c(=O)c1NC(C)=O.Nc1c(N2CCCCC2)cnn(-c2ccccc2)c1=O.Nc1c(N2CCOCC2)cnn(-c2ccccc2)c1=O. The molecule has 8 N–H and O–H groups in total. The number of carbonyl (C=O) groups excluding carboxylic acids is 4. The highest BCUT2D eigenvalue weighted by Crippen LogP contribution is 2.29. The minimum Gasteiger partial charge on any atom is -0.392 e. The number of nitrogens with one attached hydrogen (secondary N) is 4. The maximum Gasteiger partial charge on any atom is 0.297 e. The predicted octanol–water partition coefficient (Wildman–Crippen LogP) is 8.96. The van der Waals surface area contributed by atoms with Crippen LogP contribution in [0.3, 0.4) is 0 Å². The number of amides is 4. The van der Waals surface area contributed by atoms with Crippen molar-refractivity contribution in [3.63, 3.8) is 0 Å². The van der Waals surface area contributed by atoms with Gasteiger partial charge in [-0.25, -0.2) is 0 Å². The number of carbonyl (C=O) groups is 4. The van der Waals surface area contributed by atoms with E-state index in [2.05, 4.69) is 61.7 Å². The predicted molar refractivity (Wildman–Crippen MR) is 501 cm³/mol. The summed E-state index contributed by atoms with van der Waals surface area (Å²) in [5.41, 5.74) is 19.7. The molecule has 16 rings (SSSR count). The van der Waals surface area contributed by atoms with E-state index < -0.39 is 0 Å². The first-order valence-electron chi connectivity index (χ1n) is 42.2. The van der Waals surface area contributed by atoms with E-state index in [-0.39, 0.29) is 85.4 Å². The Morgan fingerprint density at radius 2 is 0.539 bits per heavy atom. The van der Waals surface area contributed by atoms with Crippen LogP contribution in [0, 0.1) is 0 Å². The zero-order chi connectivity index (χ0) is 91.2. The van der Waals surface area contributed by atoms with Gasteiger partial charge in [0.15, 0.2) is 0 Å². The molecule has 4 fully saturated rings. The lowest BCUT2D eigenvalue weighted by Crippen LogP contribution is -2.39. The molecular formula is C92H108N24O12. The maximum absolute atomic E-state index is 12.8. The van der Waals surface area contributed by atoms with E-state index in [0.29, 0.717) is 102 Å². The molecule has 36 heteroatoms. The number of aromatic nitrogens is 12. The number of rotatable bonds is 18. The molecule has 128 heavy (non-hydrogen) atoms. The van der Waals surface area contributed by atoms with Crippen molar-refractivity contribution in [2.45, 2.75) is 80.1 Å². The fourth-order valence-electron chi connectivity index (χ4n) is 14.4. The number of hydrogen-bond donors (Lipinski definition) is 6. The zero-order valence-electron chi connectivity index (χ0n) is 73.0. The third-order valence-electron chi connectivity index (χ3n) is 20.7. The average Bonchev–Trinajstić information content (AvgIpc) is 0.850. The van der Waals surface area contributed by atoms with E-state index in [1.807, 2.05) is 174 Å². The summed E-state index contributed by atoms with van der Waals surface area (Å²) in [6, 6.07) is 55.1. The number of para-hydroxylation sites is 6. The molecule has 0 aliphatic carbocycles. The van der Waals surface area contributed by atoms with E-state index in [4.69, 9.17) is 20.9 Å². The lowest BCUT2D eigenvalue weighted by atomic mass is 10.1. The van der Waals surface area contributed by atoms with Gasteiger partial charge < -0.3 is 71.6 Å². The molecule has 4 saturated heterocycles. The fraction of sp³-hybridized carbons (Fsp3) is 0.304. The van der Waals surface area contributed by atoms with Crippen molar-refractivity contribution < 1.29 is 28.7 Å². The number of nitrogens with zero attached hydrogens (tertiary/aromatic N) is 18. The van der Waals surface area contributed by atoms with E-state index in [1.54, 1.807) is 92.6 Å². The Hall–Kier alpha value is -15.2. The van der Waals surface area contributed by atoms with Crippen molar-refractivity contribution in [1.82, 2.24) is 58.7 Å². The minimum absolute atomic E-state index is 0.223. The highest BCUT2D eigenvalue weighted by atomic mass is 16.5. The first kappa shape index (κ1) is 93.5. The number of nitrogens with two attached hydrogens (primary N) is 2. The van der Waals surface area contributed by atoms with E-state index >= 15 is 0 Å². The molecule has 668 valence electrons. The van der Waals surface area contributed by atoms with Gasteiger partial charge in [0.05, 0.1) is 132 Å². The highest BCUT2D eigenvalue weighted by molar-refractivity contribution is 5.95. The number of piperidine rings is 2. The van der Waals surface area contributed by atoms with Crippen LogP contribution in [0.4, 0.5) is 68.2 Å². The average molecular weight is 1740 g/mol. The Kier molecular flexibility index (Phi) is 33.6. The number of ether oxygens (including phenoxy) is 2. The summed E-state index contributed by atoms with van der Waals surface area (Å²) in [5, 5.41) is 36.0. The normalized spacial score (nSPS) is 13.4. The summed E-state index contributed by atoms with van der Waals surface area (Å²) in [6.45, 7) is 19.8. The second kappa shape index (κ2) is 46.0. The number of nitrogen functional groups attached to an aromatic ring is 2. The Bertz CT molecular complexity index is 5850. The molecule has 0 bridgehead atoms. The van der Waals surface area contributed by atoms with Gasteiger partial charge in [0, 0.05) is 107 Å². The van der Waals surface area contributed by atoms with Crippen LogP contribution < -0.4 is 95.5 Å². The molecule has 4 aliphatic heterocycles. The lowest BCUT2D eigenvalue weighted by Gasteiger charge is -2.30. The molecule has 6 aromatic heterocycles. The van der Waals surface area contributed by atoms with Crippen molar-refractivity contribution in [2.24, 2.45) is 0 Å². The van der Waals surface area contributed by atoms with Crippen LogP contribution >= 0.6 is 0 Å². The molecule has 0 saturated carbocycles. The van der Waals surface area contributed by atoms with Crippen LogP contribution in [0.15, 0.2) is 248 Å². The van der Waals surface area contributed by atoms with Gasteiger partial charge in [-0.2, -0.15) is 58.7 Å². The van der Waals surface area contributed by atoms with Gasteiger partial charge in [0.2, 0.25) is 23.6 Å². The third-order valence-corrected chi connectivity index (χ3v) is 20.7. The van der Waals surface area contributed by atoms with Crippen LogP contribution in [0.25, 0.3) is 34.1 Å². The molecule has 4 aliphatic rings. The topological polar surface area (TPSA) is 416 Å². The smallest absolute Gasteiger partial charge is 0.297 e. The van der Waals surface area contributed by atoms with Crippen molar-refractivity contribution in [3.05, 3.63) is 281 Å². The van der Waals surface area contributed by atoms with Gasteiger partial charge in [-0.05, 0) is 125 Å². The van der Waals surface area contributed by atoms with Crippen LogP contribution in [0.5, 0.6) is 0 Å². The second-order valence-electron chi connectivity index (χ2n) is 29.9. The monoisotopic (exact) mass is 1740 g/mol. The van der Waals surface area contributed by atoms with Crippen LogP contribution in [0.1, 0.15) is 80.1 Å². The Morgan fingerprint density at radius 3 is 0.820 bits per heavy atom. The minimum atomic E-state index is -0.363. The third kappa shape index (κ3) is 24.2. The van der Waals surface area contributed by atoms with Gasteiger partial charge in [-0.15, -0.1) is 0 Å². The van der Waals surface area contributed by atoms with Crippen LogP contribution in [0.2, 0.25) is 0 Å². The first-order chi connectivity index (χ1) is 62.0. The number of anilines is 12.